The summed E-state index contributed by atoms with van der Waals surface area (Å²) in [5, 5.41) is 3.10. The lowest BCUT2D eigenvalue weighted by molar-refractivity contribution is -0.116. The van der Waals surface area contributed by atoms with Gasteiger partial charge in [0.15, 0.2) is 0 Å². The maximum atomic E-state index is 12.6. The molecule has 2 aromatic carbocycles. The molecule has 0 fully saturated rings. The fourth-order valence-corrected chi connectivity index (χ4v) is 3.82. The molecule has 0 saturated heterocycles. The maximum absolute atomic E-state index is 12.6. The third-order valence-electron chi connectivity index (χ3n) is 3.58. The molecule has 0 heterocycles. The van der Waals surface area contributed by atoms with Crippen molar-refractivity contribution in [2.24, 2.45) is 0 Å². The zero-order valence-corrected chi connectivity index (χ0v) is 16.3. The molecule has 0 unspecified atom stereocenters. The Balaban J connectivity index is 2.22. The van der Waals surface area contributed by atoms with Crippen LogP contribution in [0, 0.1) is 0 Å². The van der Waals surface area contributed by atoms with Gasteiger partial charge in [-0.25, -0.2) is 8.42 Å². The van der Waals surface area contributed by atoms with Crippen LogP contribution in [-0.4, -0.2) is 33.2 Å². The number of anilines is 2. The first-order chi connectivity index (χ1) is 12.2. The summed E-state index contributed by atoms with van der Waals surface area (Å²) in [4.78, 5) is 12.6. The van der Waals surface area contributed by atoms with Gasteiger partial charge in [0.05, 0.1) is 18.6 Å². The predicted octanol–water partition coefficient (Wildman–Crippen LogP) is 3.53. The van der Waals surface area contributed by atoms with Crippen molar-refractivity contribution in [2.45, 2.75) is 19.9 Å². The molecule has 6 nitrogen and oxygen atoms in total. The quantitative estimate of drug-likeness (QED) is 0.776. The summed E-state index contributed by atoms with van der Waals surface area (Å²) in [5.74, 6) is 0.231. The van der Waals surface area contributed by atoms with Crippen molar-refractivity contribution in [3.8, 4) is 5.75 Å². The van der Waals surface area contributed by atoms with Crippen molar-refractivity contribution < 1.29 is 17.9 Å². The van der Waals surface area contributed by atoms with E-state index in [1.54, 1.807) is 42.5 Å². The number of benzene rings is 2. The van der Waals surface area contributed by atoms with Crippen LogP contribution in [0.3, 0.4) is 0 Å². The van der Waals surface area contributed by atoms with E-state index in [0.717, 1.165) is 10.6 Å². The van der Waals surface area contributed by atoms with Gasteiger partial charge in [0.2, 0.25) is 15.9 Å². The number of halogens is 1. The van der Waals surface area contributed by atoms with Gasteiger partial charge in [-0.15, -0.1) is 0 Å². The second kappa shape index (κ2) is 8.42. The first-order valence-corrected chi connectivity index (χ1v) is 10.2. The molecule has 2 rings (SSSR count). The van der Waals surface area contributed by atoms with E-state index in [4.69, 9.17) is 16.3 Å². The highest BCUT2D eigenvalue weighted by Gasteiger charge is 2.29. The van der Waals surface area contributed by atoms with Gasteiger partial charge in [-0.05, 0) is 56.3 Å². The highest BCUT2D eigenvalue weighted by molar-refractivity contribution is 7.92. The monoisotopic (exact) mass is 396 g/mol. The molecule has 0 spiro atoms. The van der Waals surface area contributed by atoms with Crippen LogP contribution >= 0.6 is 11.6 Å². The highest BCUT2D eigenvalue weighted by Crippen LogP contribution is 2.25. The zero-order valence-electron chi connectivity index (χ0n) is 14.8. The molecule has 0 radical (unpaired) electrons. The zero-order chi connectivity index (χ0) is 19.3. The smallest absolute Gasteiger partial charge is 0.247 e. The van der Waals surface area contributed by atoms with E-state index >= 15 is 0 Å². The third kappa shape index (κ3) is 5.12. The van der Waals surface area contributed by atoms with E-state index in [0.29, 0.717) is 28.8 Å². The van der Waals surface area contributed by atoms with Gasteiger partial charge < -0.3 is 10.1 Å². The summed E-state index contributed by atoms with van der Waals surface area (Å²) in [6, 6.07) is 12.2. The summed E-state index contributed by atoms with van der Waals surface area (Å²) < 4.78 is 30.9. The molecular formula is C18H21ClN2O4S. The Morgan fingerprint density at radius 2 is 1.88 bits per heavy atom. The van der Waals surface area contributed by atoms with E-state index in [9.17, 15) is 13.2 Å². The highest BCUT2D eigenvalue weighted by atomic mass is 35.5. The molecule has 0 saturated carbocycles. The fourth-order valence-electron chi connectivity index (χ4n) is 2.47. The lowest BCUT2D eigenvalue weighted by Crippen LogP contribution is -2.45. The lowest BCUT2D eigenvalue weighted by Gasteiger charge is -2.28. The van der Waals surface area contributed by atoms with Crippen LogP contribution in [0.25, 0.3) is 0 Å². The molecule has 1 atom stereocenters. The molecule has 8 heteroatoms. The average Bonchev–Trinajstić information content (AvgIpc) is 2.55. The number of sulfonamides is 1. The first kappa shape index (κ1) is 20.1. The molecule has 2 aromatic rings. The number of ether oxygens (including phenoxy) is 1. The van der Waals surface area contributed by atoms with Crippen LogP contribution in [0.15, 0.2) is 48.5 Å². The largest absolute Gasteiger partial charge is 0.494 e. The van der Waals surface area contributed by atoms with E-state index in [1.165, 1.54) is 13.0 Å². The number of hydrogen-bond donors (Lipinski definition) is 1. The number of amides is 1. The van der Waals surface area contributed by atoms with Crippen LogP contribution in [0.4, 0.5) is 11.4 Å². The van der Waals surface area contributed by atoms with Crippen molar-refractivity contribution in [2.75, 3.05) is 22.5 Å². The Labute approximate surface area is 158 Å². The summed E-state index contributed by atoms with van der Waals surface area (Å²) in [5.41, 5.74) is 0.874. The van der Waals surface area contributed by atoms with Gasteiger partial charge in [0.25, 0.3) is 0 Å². The Morgan fingerprint density at radius 3 is 2.42 bits per heavy atom. The van der Waals surface area contributed by atoms with Crippen molar-refractivity contribution in [3.05, 3.63) is 53.6 Å². The molecule has 0 bridgehead atoms. The SMILES string of the molecule is CCOc1ccc(NC(=O)[C@H](C)N(c2cccc(Cl)c2)S(C)(=O)=O)cc1. The average molecular weight is 397 g/mol. The molecule has 26 heavy (non-hydrogen) atoms. The minimum absolute atomic E-state index is 0.328. The standard InChI is InChI=1S/C18H21ClN2O4S/c1-4-25-17-10-8-15(9-11-17)20-18(22)13(2)21(26(3,23)24)16-7-5-6-14(19)12-16/h5-13H,4H2,1-3H3,(H,20,22)/t13-/m0/s1. The van der Waals surface area contributed by atoms with Crippen LogP contribution in [-0.2, 0) is 14.8 Å². The minimum atomic E-state index is -3.69. The second-order valence-electron chi connectivity index (χ2n) is 5.66. The van der Waals surface area contributed by atoms with Crippen LogP contribution in [0.5, 0.6) is 5.75 Å². The van der Waals surface area contributed by atoms with Crippen molar-refractivity contribution in [1.29, 1.82) is 0 Å². The Bertz CT molecular complexity index is 869. The number of rotatable bonds is 7. The van der Waals surface area contributed by atoms with E-state index < -0.39 is 22.0 Å². The summed E-state index contributed by atoms with van der Waals surface area (Å²) in [7, 11) is -3.69. The Morgan fingerprint density at radius 1 is 1.23 bits per heavy atom. The Kier molecular flexibility index (Phi) is 6.50. The molecular weight excluding hydrogens is 376 g/mol. The molecule has 0 aliphatic carbocycles. The maximum Gasteiger partial charge on any atom is 0.247 e. The van der Waals surface area contributed by atoms with Gasteiger partial charge in [0, 0.05) is 10.7 Å². The van der Waals surface area contributed by atoms with E-state index in [-0.39, 0.29) is 0 Å². The number of nitrogens with zero attached hydrogens (tertiary/aromatic N) is 1. The van der Waals surface area contributed by atoms with E-state index in [1.807, 2.05) is 6.92 Å². The summed E-state index contributed by atoms with van der Waals surface area (Å²) in [6.45, 7) is 3.95. The summed E-state index contributed by atoms with van der Waals surface area (Å²) >= 11 is 5.96. The van der Waals surface area contributed by atoms with Crippen LogP contribution < -0.4 is 14.4 Å². The number of carbonyl (C=O) groups is 1. The molecule has 1 N–H and O–H groups in total. The van der Waals surface area contributed by atoms with Gasteiger partial charge in [0.1, 0.15) is 11.8 Å². The van der Waals surface area contributed by atoms with Crippen molar-refractivity contribution in [3.63, 3.8) is 0 Å². The molecule has 140 valence electrons. The van der Waals surface area contributed by atoms with Gasteiger partial charge in [-0.3, -0.25) is 9.10 Å². The lowest BCUT2D eigenvalue weighted by atomic mass is 10.2. The number of hydrogen-bond acceptors (Lipinski definition) is 4. The Hall–Kier alpha value is -2.25. The van der Waals surface area contributed by atoms with Crippen LogP contribution in [0.1, 0.15) is 13.8 Å². The minimum Gasteiger partial charge on any atom is -0.494 e. The summed E-state index contributed by atoms with van der Waals surface area (Å²) in [6.07, 6.45) is 1.05. The number of nitrogens with one attached hydrogen (secondary N) is 1. The predicted molar refractivity (Wildman–Crippen MR) is 104 cm³/mol. The van der Waals surface area contributed by atoms with Crippen molar-refractivity contribution >= 4 is 38.9 Å². The third-order valence-corrected chi connectivity index (χ3v) is 5.06. The topological polar surface area (TPSA) is 75.7 Å². The normalized spacial score (nSPS) is 12.3. The number of carbonyl (C=O) groups excluding carboxylic acids is 1. The molecule has 1 amide bonds. The van der Waals surface area contributed by atoms with Crippen LogP contribution in [0.2, 0.25) is 5.02 Å². The fraction of sp³-hybridized carbons (Fsp3) is 0.278. The first-order valence-electron chi connectivity index (χ1n) is 8.01. The van der Waals surface area contributed by atoms with Gasteiger partial charge in [-0.1, -0.05) is 17.7 Å². The van der Waals surface area contributed by atoms with E-state index in [2.05, 4.69) is 5.32 Å². The molecule has 0 aliphatic rings. The second-order valence-corrected chi connectivity index (χ2v) is 7.96. The van der Waals surface area contributed by atoms with Gasteiger partial charge >= 0.3 is 0 Å². The molecule has 0 aromatic heterocycles. The van der Waals surface area contributed by atoms with Gasteiger partial charge in [-0.2, -0.15) is 0 Å². The van der Waals surface area contributed by atoms with Crippen molar-refractivity contribution in [1.82, 2.24) is 0 Å². The molecule has 0 aliphatic heterocycles.